The summed E-state index contributed by atoms with van der Waals surface area (Å²) in [6.07, 6.45) is 0. The Morgan fingerprint density at radius 1 is 1.50 bits per heavy atom. The quantitative estimate of drug-likeness (QED) is 0.488. The van der Waals surface area contributed by atoms with Crippen LogP contribution in [0.1, 0.15) is 24.2 Å². The van der Waals surface area contributed by atoms with Crippen molar-refractivity contribution in [1.82, 2.24) is 5.32 Å². The molecule has 0 aliphatic rings. The van der Waals surface area contributed by atoms with E-state index in [2.05, 4.69) is 21.2 Å². The van der Waals surface area contributed by atoms with Crippen molar-refractivity contribution in [1.29, 1.82) is 0 Å². The van der Waals surface area contributed by atoms with Gasteiger partial charge >= 0.3 is 0 Å². The molecular weight excluding hydrogens is 328 g/mol. The first kappa shape index (κ1) is 16.4. The number of halogens is 1. The monoisotopic (exact) mass is 344 g/mol. The van der Waals surface area contributed by atoms with Crippen molar-refractivity contribution in [2.45, 2.75) is 19.9 Å². The normalized spacial score (nSPS) is 13.4. The van der Waals surface area contributed by atoms with Crippen LogP contribution in [0.3, 0.4) is 0 Å². The Morgan fingerprint density at radius 2 is 2.15 bits per heavy atom. The van der Waals surface area contributed by atoms with Gasteiger partial charge in [-0.15, -0.1) is 0 Å². The first-order valence-corrected chi connectivity index (χ1v) is 7.22. The van der Waals surface area contributed by atoms with Crippen LogP contribution < -0.4 is 10.1 Å². The number of amides is 1. The molecule has 0 spiro atoms. The smallest absolute Gasteiger partial charge is 0.273 e. The van der Waals surface area contributed by atoms with Gasteiger partial charge in [0.05, 0.1) is 23.7 Å². The number of hydrogen-bond donors (Lipinski definition) is 1. The first-order chi connectivity index (χ1) is 9.40. The van der Waals surface area contributed by atoms with Crippen LogP contribution in [0.2, 0.25) is 0 Å². The first-order valence-electron chi connectivity index (χ1n) is 6.10. The SMILES string of the molecule is COc1cc([N+](=O)[O-])ccc1C(=O)NC(C)C(C)CBr. The molecule has 0 radical (unpaired) electrons. The molecule has 1 aromatic carbocycles. The summed E-state index contributed by atoms with van der Waals surface area (Å²) in [7, 11) is 1.38. The summed E-state index contributed by atoms with van der Waals surface area (Å²) in [5, 5.41) is 14.3. The summed E-state index contributed by atoms with van der Waals surface area (Å²) in [6.45, 7) is 3.91. The van der Waals surface area contributed by atoms with E-state index in [0.29, 0.717) is 0 Å². The fraction of sp³-hybridized carbons (Fsp3) is 0.462. The number of carbonyl (C=O) groups excluding carboxylic acids is 1. The van der Waals surface area contributed by atoms with Crippen LogP contribution in [0.4, 0.5) is 5.69 Å². The van der Waals surface area contributed by atoms with E-state index < -0.39 is 4.92 Å². The number of benzene rings is 1. The number of hydrogen-bond acceptors (Lipinski definition) is 4. The van der Waals surface area contributed by atoms with Gasteiger partial charge in [-0.2, -0.15) is 0 Å². The molecule has 2 atom stereocenters. The van der Waals surface area contributed by atoms with E-state index >= 15 is 0 Å². The number of carbonyl (C=O) groups is 1. The molecule has 1 rings (SSSR count). The molecule has 0 aliphatic heterocycles. The van der Waals surface area contributed by atoms with Gasteiger partial charge in [0.15, 0.2) is 0 Å². The van der Waals surface area contributed by atoms with Crippen LogP contribution >= 0.6 is 15.9 Å². The van der Waals surface area contributed by atoms with E-state index in [1.54, 1.807) is 0 Å². The van der Waals surface area contributed by atoms with E-state index in [1.807, 2.05) is 13.8 Å². The van der Waals surface area contributed by atoms with Crippen molar-refractivity contribution < 1.29 is 14.5 Å². The highest BCUT2D eigenvalue weighted by Crippen LogP contribution is 2.24. The Balaban J connectivity index is 2.95. The van der Waals surface area contributed by atoms with Crippen LogP contribution in [-0.2, 0) is 0 Å². The second-order valence-electron chi connectivity index (χ2n) is 4.54. The molecule has 0 aliphatic carbocycles. The highest BCUT2D eigenvalue weighted by atomic mass is 79.9. The zero-order valence-corrected chi connectivity index (χ0v) is 13.1. The number of nitrogens with zero attached hydrogens (tertiary/aromatic N) is 1. The third-order valence-corrected chi connectivity index (χ3v) is 4.12. The van der Waals surface area contributed by atoms with Gasteiger partial charge in [-0.25, -0.2) is 0 Å². The number of rotatable bonds is 6. The molecule has 0 saturated carbocycles. The molecule has 1 aromatic rings. The van der Waals surface area contributed by atoms with E-state index in [0.717, 1.165) is 5.33 Å². The summed E-state index contributed by atoms with van der Waals surface area (Å²) in [5.41, 5.74) is 0.173. The third-order valence-electron chi connectivity index (χ3n) is 3.10. The molecule has 2 unspecified atom stereocenters. The molecular formula is C13H17BrN2O4. The largest absolute Gasteiger partial charge is 0.496 e. The number of nitro groups is 1. The molecule has 110 valence electrons. The molecule has 0 heterocycles. The average molecular weight is 345 g/mol. The molecule has 0 aromatic heterocycles. The lowest BCUT2D eigenvalue weighted by Gasteiger charge is -2.19. The second-order valence-corrected chi connectivity index (χ2v) is 5.18. The Kier molecular flexibility index (Phi) is 5.94. The van der Waals surface area contributed by atoms with Gasteiger partial charge in [-0.05, 0) is 18.9 Å². The maximum atomic E-state index is 12.2. The Bertz CT molecular complexity index is 507. The van der Waals surface area contributed by atoms with Gasteiger partial charge in [-0.3, -0.25) is 14.9 Å². The lowest BCUT2D eigenvalue weighted by atomic mass is 10.1. The Morgan fingerprint density at radius 3 is 2.65 bits per heavy atom. The fourth-order valence-electron chi connectivity index (χ4n) is 1.54. The minimum absolute atomic E-state index is 0.0261. The van der Waals surface area contributed by atoms with Crippen molar-refractivity contribution >= 4 is 27.5 Å². The average Bonchev–Trinajstić information content (AvgIpc) is 2.45. The minimum Gasteiger partial charge on any atom is -0.496 e. The predicted molar refractivity (Wildman–Crippen MR) is 79.5 cm³/mol. The van der Waals surface area contributed by atoms with Crippen LogP contribution in [0, 0.1) is 16.0 Å². The van der Waals surface area contributed by atoms with Crippen molar-refractivity contribution in [3.05, 3.63) is 33.9 Å². The number of non-ortho nitro benzene ring substituents is 1. The van der Waals surface area contributed by atoms with Gasteiger partial charge < -0.3 is 10.1 Å². The van der Waals surface area contributed by atoms with Crippen molar-refractivity contribution in [2.24, 2.45) is 5.92 Å². The Hall–Kier alpha value is -1.63. The van der Waals surface area contributed by atoms with Crippen LogP contribution in [0.15, 0.2) is 18.2 Å². The van der Waals surface area contributed by atoms with Crippen LogP contribution in [0.25, 0.3) is 0 Å². The molecule has 1 amide bonds. The van der Waals surface area contributed by atoms with Crippen LogP contribution in [0.5, 0.6) is 5.75 Å². The molecule has 0 bridgehead atoms. The zero-order chi connectivity index (χ0) is 15.3. The summed E-state index contributed by atoms with van der Waals surface area (Å²) < 4.78 is 5.05. The molecule has 0 saturated heterocycles. The van der Waals surface area contributed by atoms with Crippen molar-refractivity contribution in [3.8, 4) is 5.75 Å². The van der Waals surface area contributed by atoms with Crippen molar-refractivity contribution in [2.75, 3.05) is 12.4 Å². The summed E-state index contributed by atoms with van der Waals surface area (Å²) in [5.74, 6) is 0.149. The summed E-state index contributed by atoms with van der Waals surface area (Å²) in [4.78, 5) is 22.3. The third kappa shape index (κ3) is 3.93. The number of nitro benzene ring substituents is 1. The lowest BCUT2D eigenvalue weighted by Crippen LogP contribution is -2.37. The highest BCUT2D eigenvalue weighted by molar-refractivity contribution is 9.09. The molecule has 7 heteroatoms. The molecule has 0 fully saturated rings. The second kappa shape index (κ2) is 7.23. The standard InChI is InChI=1S/C13H17BrN2O4/c1-8(7-14)9(2)15-13(17)11-5-4-10(16(18)19)6-12(11)20-3/h4-6,8-9H,7H2,1-3H3,(H,15,17). The topological polar surface area (TPSA) is 81.5 Å². The molecule has 1 N–H and O–H groups in total. The lowest BCUT2D eigenvalue weighted by molar-refractivity contribution is -0.384. The number of alkyl halides is 1. The maximum Gasteiger partial charge on any atom is 0.273 e. The van der Waals surface area contributed by atoms with Gasteiger partial charge in [0.2, 0.25) is 0 Å². The Labute approximate surface area is 125 Å². The minimum atomic E-state index is -0.528. The van der Waals surface area contributed by atoms with Gasteiger partial charge in [0.25, 0.3) is 11.6 Å². The van der Waals surface area contributed by atoms with E-state index in [9.17, 15) is 14.9 Å². The summed E-state index contributed by atoms with van der Waals surface area (Å²) in [6, 6.07) is 3.91. The van der Waals surface area contributed by atoms with Gasteiger partial charge in [0, 0.05) is 17.4 Å². The van der Waals surface area contributed by atoms with Crippen molar-refractivity contribution in [3.63, 3.8) is 0 Å². The van der Waals surface area contributed by atoms with Gasteiger partial charge in [-0.1, -0.05) is 22.9 Å². The summed E-state index contributed by atoms with van der Waals surface area (Å²) >= 11 is 3.36. The molecule has 20 heavy (non-hydrogen) atoms. The van der Waals surface area contributed by atoms with E-state index in [-0.39, 0.29) is 34.9 Å². The maximum absolute atomic E-state index is 12.2. The van der Waals surface area contributed by atoms with E-state index in [4.69, 9.17) is 4.74 Å². The number of methoxy groups -OCH3 is 1. The van der Waals surface area contributed by atoms with E-state index in [1.165, 1.54) is 25.3 Å². The molecule has 6 nitrogen and oxygen atoms in total. The number of nitrogens with one attached hydrogen (secondary N) is 1. The van der Waals surface area contributed by atoms with Gasteiger partial charge in [0.1, 0.15) is 5.75 Å². The zero-order valence-electron chi connectivity index (χ0n) is 11.6. The van der Waals surface area contributed by atoms with Crippen LogP contribution in [-0.4, -0.2) is 29.3 Å². The highest BCUT2D eigenvalue weighted by Gasteiger charge is 2.20. The number of ether oxygens (including phenoxy) is 1. The predicted octanol–water partition coefficient (Wildman–Crippen LogP) is 2.75. The fourth-order valence-corrected chi connectivity index (χ4v) is 2.10.